The van der Waals surface area contributed by atoms with Crippen molar-refractivity contribution in [3.8, 4) is 17.0 Å². The molecule has 0 bridgehead atoms. The molecule has 2 aromatic heterocycles. The highest BCUT2D eigenvalue weighted by Gasteiger charge is 2.32. The molecule has 0 saturated heterocycles. The van der Waals surface area contributed by atoms with Gasteiger partial charge in [0, 0.05) is 18.2 Å². The Balaban J connectivity index is 1.76. The van der Waals surface area contributed by atoms with Gasteiger partial charge in [-0.25, -0.2) is 4.98 Å². The molecule has 0 spiro atoms. The van der Waals surface area contributed by atoms with E-state index < -0.39 is 11.7 Å². The first-order valence-electron chi connectivity index (χ1n) is 8.56. The largest absolute Gasteiger partial charge is 0.507 e. The lowest BCUT2D eigenvalue weighted by atomic mass is 10.1. The van der Waals surface area contributed by atoms with Gasteiger partial charge < -0.3 is 10.4 Å². The standard InChI is InChI=1S/C20H14BrF3N4O/c21-15-11-26-28-18(25-10-12-5-1-3-7-14(12)20(22,23)24)9-16(27-19(15)28)13-6-2-4-8-17(13)29/h1-9,11,25,29H,10H2. The normalized spacial score (nSPS) is 11.7. The van der Waals surface area contributed by atoms with Crippen molar-refractivity contribution in [3.63, 3.8) is 0 Å². The number of fused-ring (bicyclic) bond motifs is 1. The minimum absolute atomic E-state index is 0.0494. The topological polar surface area (TPSA) is 62.5 Å². The number of para-hydroxylation sites is 1. The van der Waals surface area contributed by atoms with Crippen LogP contribution >= 0.6 is 15.9 Å². The van der Waals surface area contributed by atoms with Crippen molar-refractivity contribution in [2.45, 2.75) is 12.7 Å². The fourth-order valence-corrected chi connectivity index (χ4v) is 3.38. The van der Waals surface area contributed by atoms with E-state index in [0.717, 1.165) is 6.07 Å². The van der Waals surface area contributed by atoms with E-state index >= 15 is 0 Å². The summed E-state index contributed by atoms with van der Waals surface area (Å²) >= 11 is 3.38. The first-order valence-corrected chi connectivity index (χ1v) is 9.35. The van der Waals surface area contributed by atoms with Crippen LogP contribution in [0.25, 0.3) is 16.9 Å². The molecule has 4 rings (SSSR count). The Kier molecular flexibility index (Phi) is 4.91. The summed E-state index contributed by atoms with van der Waals surface area (Å²) in [6, 6.07) is 13.7. The second-order valence-electron chi connectivity index (χ2n) is 6.28. The number of alkyl halides is 3. The molecule has 2 aromatic carbocycles. The van der Waals surface area contributed by atoms with Gasteiger partial charge in [-0.1, -0.05) is 30.3 Å². The van der Waals surface area contributed by atoms with Crippen molar-refractivity contribution in [1.29, 1.82) is 0 Å². The van der Waals surface area contributed by atoms with E-state index in [9.17, 15) is 18.3 Å². The van der Waals surface area contributed by atoms with E-state index in [-0.39, 0.29) is 17.9 Å². The number of nitrogens with one attached hydrogen (secondary N) is 1. The smallest absolute Gasteiger partial charge is 0.416 e. The highest BCUT2D eigenvalue weighted by molar-refractivity contribution is 9.10. The maximum Gasteiger partial charge on any atom is 0.416 e. The Morgan fingerprint density at radius 2 is 1.79 bits per heavy atom. The third kappa shape index (κ3) is 3.77. The number of phenols is 1. The lowest BCUT2D eigenvalue weighted by Gasteiger charge is -2.15. The van der Waals surface area contributed by atoms with Gasteiger partial charge in [0.05, 0.1) is 21.9 Å². The van der Waals surface area contributed by atoms with Gasteiger partial charge >= 0.3 is 6.18 Å². The van der Waals surface area contributed by atoms with Crippen molar-refractivity contribution >= 4 is 27.4 Å². The summed E-state index contributed by atoms with van der Waals surface area (Å²) in [6.45, 7) is -0.0630. The maximum absolute atomic E-state index is 13.3. The Morgan fingerprint density at radius 3 is 2.55 bits per heavy atom. The Hall–Kier alpha value is -3.07. The first kappa shape index (κ1) is 19.3. The van der Waals surface area contributed by atoms with Crippen LogP contribution in [0.5, 0.6) is 5.75 Å². The van der Waals surface area contributed by atoms with Crippen molar-refractivity contribution in [2.75, 3.05) is 5.32 Å². The number of aromatic hydroxyl groups is 1. The predicted octanol–water partition coefficient (Wildman–Crippen LogP) is 5.50. The van der Waals surface area contributed by atoms with Gasteiger partial charge in [-0.3, -0.25) is 0 Å². The van der Waals surface area contributed by atoms with Crippen LogP contribution in [-0.4, -0.2) is 19.7 Å². The summed E-state index contributed by atoms with van der Waals surface area (Å²) in [5.41, 5.74) is 0.850. The molecular weight excluding hydrogens is 449 g/mol. The summed E-state index contributed by atoms with van der Waals surface area (Å²) < 4.78 is 41.9. The van der Waals surface area contributed by atoms with Crippen LogP contribution in [0.3, 0.4) is 0 Å². The zero-order valence-corrected chi connectivity index (χ0v) is 16.4. The molecule has 0 aliphatic heterocycles. The summed E-state index contributed by atoms with van der Waals surface area (Å²) in [4.78, 5) is 4.51. The molecule has 29 heavy (non-hydrogen) atoms. The molecule has 5 nitrogen and oxygen atoms in total. The molecule has 0 radical (unpaired) electrons. The zero-order valence-electron chi connectivity index (χ0n) is 14.8. The van der Waals surface area contributed by atoms with Gasteiger partial charge in [-0.15, -0.1) is 0 Å². The summed E-state index contributed by atoms with van der Waals surface area (Å²) in [7, 11) is 0. The van der Waals surface area contributed by atoms with Crippen LogP contribution in [0, 0.1) is 0 Å². The fourth-order valence-electron chi connectivity index (χ4n) is 3.03. The Morgan fingerprint density at radius 1 is 1.07 bits per heavy atom. The van der Waals surface area contributed by atoms with Crippen molar-refractivity contribution in [3.05, 3.63) is 76.4 Å². The van der Waals surface area contributed by atoms with Gasteiger partial charge in [0.15, 0.2) is 5.65 Å². The highest BCUT2D eigenvalue weighted by Crippen LogP contribution is 2.33. The van der Waals surface area contributed by atoms with Crippen molar-refractivity contribution < 1.29 is 18.3 Å². The van der Waals surface area contributed by atoms with Gasteiger partial charge in [0.1, 0.15) is 11.6 Å². The molecule has 9 heteroatoms. The third-order valence-electron chi connectivity index (χ3n) is 4.39. The Bertz CT molecular complexity index is 1190. The average Bonchev–Trinajstić information content (AvgIpc) is 3.07. The van der Waals surface area contributed by atoms with E-state index in [0.29, 0.717) is 27.2 Å². The predicted molar refractivity (Wildman–Crippen MR) is 107 cm³/mol. The molecule has 0 saturated carbocycles. The van der Waals surface area contributed by atoms with E-state index in [1.807, 2.05) is 0 Å². The minimum atomic E-state index is -4.44. The van der Waals surface area contributed by atoms with Crippen molar-refractivity contribution in [1.82, 2.24) is 14.6 Å². The molecular formula is C20H14BrF3N4O. The van der Waals surface area contributed by atoms with Gasteiger partial charge in [-0.2, -0.15) is 22.8 Å². The van der Waals surface area contributed by atoms with Crippen LogP contribution in [0.1, 0.15) is 11.1 Å². The van der Waals surface area contributed by atoms with Crippen LogP contribution in [0.15, 0.2) is 65.3 Å². The number of anilines is 1. The van der Waals surface area contributed by atoms with E-state index in [2.05, 4.69) is 31.3 Å². The fraction of sp³-hybridized carbons (Fsp3) is 0.100. The summed E-state index contributed by atoms with van der Waals surface area (Å²) in [5.74, 6) is 0.490. The second-order valence-corrected chi connectivity index (χ2v) is 7.13. The molecule has 0 fully saturated rings. The third-order valence-corrected chi connectivity index (χ3v) is 4.95. The molecule has 4 aromatic rings. The molecule has 0 aliphatic carbocycles. The van der Waals surface area contributed by atoms with E-state index in [4.69, 9.17) is 0 Å². The van der Waals surface area contributed by atoms with E-state index in [1.54, 1.807) is 42.6 Å². The number of hydrogen-bond donors (Lipinski definition) is 2. The second kappa shape index (κ2) is 7.40. The van der Waals surface area contributed by atoms with Crippen LogP contribution in [0.2, 0.25) is 0 Å². The lowest BCUT2D eigenvalue weighted by Crippen LogP contribution is -2.13. The summed E-state index contributed by atoms with van der Waals surface area (Å²) in [6.07, 6.45) is -2.90. The number of aromatic nitrogens is 3. The van der Waals surface area contributed by atoms with Gasteiger partial charge in [0.25, 0.3) is 0 Å². The van der Waals surface area contributed by atoms with E-state index in [1.165, 1.54) is 16.6 Å². The molecule has 0 unspecified atom stereocenters. The highest BCUT2D eigenvalue weighted by atomic mass is 79.9. The molecule has 2 heterocycles. The van der Waals surface area contributed by atoms with Crippen molar-refractivity contribution in [2.24, 2.45) is 0 Å². The van der Waals surface area contributed by atoms with Gasteiger partial charge in [-0.05, 0) is 39.7 Å². The van der Waals surface area contributed by atoms with Gasteiger partial charge in [0.2, 0.25) is 0 Å². The SMILES string of the molecule is Oc1ccccc1-c1cc(NCc2ccccc2C(F)(F)F)n2ncc(Br)c2n1. The first-order chi connectivity index (χ1) is 13.8. The number of halogens is 4. The van der Waals surface area contributed by atoms with Crippen LogP contribution < -0.4 is 5.32 Å². The molecule has 0 aliphatic rings. The zero-order chi connectivity index (χ0) is 20.6. The molecule has 0 amide bonds. The quantitative estimate of drug-likeness (QED) is 0.420. The Labute approximate surface area is 172 Å². The van der Waals surface area contributed by atoms with Crippen LogP contribution in [-0.2, 0) is 12.7 Å². The number of rotatable bonds is 4. The average molecular weight is 463 g/mol. The lowest BCUT2D eigenvalue weighted by molar-refractivity contribution is -0.138. The molecule has 148 valence electrons. The maximum atomic E-state index is 13.3. The summed E-state index contributed by atoms with van der Waals surface area (Å²) in [5, 5.41) is 17.4. The van der Waals surface area contributed by atoms with Crippen LogP contribution in [0.4, 0.5) is 19.0 Å². The monoisotopic (exact) mass is 462 g/mol. The number of benzene rings is 2. The minimum Gasteiger partial charge on any atom is -0.507 e. The number of hydrogen-bond acceptors (Lipinski definition) is 4. The number of phenolic OH excluding ortho intramolecular Hbond substituents is 1. The molecule has 2 N–H and O–H groups in total. The number of nitrogens with zero attached hydrogens (tertiary/aromatic N) is 3. The molecule has 0 atom stereocenters.